The van der Waals surface area contributed by atoms with Crippen molar-refractivity contribution in [3.63, 3.8) is 0 Å². The summed E-state index contributed by atoms with van der Waals surface area (Å²) in [7, 11) is 0. The average Bonchev–Trinajstić information content (AvgIpc) is 2.98. The molecule has 1 aliphatic rings. The number of phenols is 1. The van der Waals surface area contributed by atoms with Crippen LogP contribution in [0.25, 0.3) is 10.8 Å². The van der Waals surface area contributed by atoms with Gasteiger partial charge in [0.1, 0.15) is 11.8 Å². The molecule has 170 valence electrons. The molecule has 5 heteroatoms. The lowest BCUT2D eigenvalue weighted by atomic mass is 10.00. The van der Waals surface area contributed by atoms with Crippen molar-refractivity contribution < 1.29 is 9.90 Å². The number of halogens is 1. The van der Waals surface area contributed by atoms with Gasteiger partial charge in [-0.1, -0.05) is 60.5 Å². The van der Waals surface area contributed by atoms with Crippen molar-refractivity contribution in [2.75, 3.05) is 5.32 Å². The van der Waals surface area contributed by atoms with E-state index >= 15 is 0 Å². The zero-order valence-corrected chi connectivity index (χ0v) is 19.4. The minimum Gasteiger partial charge on any atom is -0.508 e. The van der Waals surface area contributed by atoms with Crippen molar-refractivity contribution >= 4 is 39.7 Å². The van der Waals surface area contributed by atoms with E-state index in [1.54, 1.807) is 18.2 Å². The number of phenolic OH excluding ortho intramolecular Hbond substituents is 1. The lowest BCUT2D eigenvalue weighted by Crippen LogP contribution is -2.25. The molecule has 0 saturated heterocycles. The van der Waals surface area contributed by atoms with Crippen LogP contribution in [0.1, 0.15) is 36.0 Å². The number of aliphatic imine (C=N–C) groups is 1. The summed E-state index contributed by atoms with van der Waals surface area (Å²) in [4.78, 5) is 17.9. The molecular weight excluding hydrogens is 444 g/mol. The fourth-order valence-electron chi connectivity index (χ4n) is 4.43. The molecule has 4 aromatic rings. The fourth-order valence-corrected chi connectivity index (χ4v) is 4.60. The zero-order chi connectivity index (χ0) is 23.5. The molecule has 1 unspecified atom stereocenters. The number of nitrogens with one attached hydrogen (secondary N) is 1. The first-order chi connectivity index (χ1) is 16.6. The molecule has 0 aliphatic carbocycles. The highest BCUT2D eigenvalue weighted by atomic mass is 35.5. The van der Waals surface area contributed by atoms with E-state index in [1.807, 2.05) is 24.3 Å². The number of carbonyl (C=O) groups excluding carboxylic acids is 1. The molecule has 1 amide bonds. The number of nitrogens with zero attached hydrogens (tertiary/aromatic N) is 1. The van der Waals surface area contributed by atoms with E-state index in [9.17, 15) is 9.90 Å². The maximum absolute atomic E-state index is 13.0. The summed E-state index contributed by atoms with van der Waals surface area (Å²) in [5.41, 5.74) is 4.32. The zero-order valence-electron chi connectivity index (χ0n) is 18.7. The van der Waals surface area contributed by atoms with Crippen molar-refractivity contribution in [1.82, 2.24) is 0 Å². The van der Waals surface area contributed by atoms with Crippen molar-refractivity contribution in [2.45, 2.75) is 31.7 Å². The number of hydrogen-bond acceptors (Lipinski definition) is 3. The van der Waals surface area contributed by atoms with Gasteiger partial charge in [-0.15, -0.1) is 0 Å². The first kappa shape index (κ1) is 22.2. The molecule has 4 nitrogen and oxygen atoms in total. The Balaban J connectivity index is 1.34. The number of benzodiazepines with no additional fused rings is 1. The lowest BCUT2D eigenvalue weighted by molar-refractivity contribution is -0.117. The number of rotatable bonds is 6. The molecule has 2 N–H and O–H groups in total. The average molecular weight is 469 g/mol. The van der Waals surface area contributed by atoms with Gasteiger partial charge in [0.25, 0.3) is 0 Å². The Bertz CT molecular complexity index is 1380. The third kappa shape index (κ3) is 4.82. The summed E-state index contributed by atoms with van der Waals surface area (Å²) >= 11 is 6.27. The van der Waals surface area contributed by atoms with E-state index in [-0.39, 0.29) is 11.7 Å². The quantitative estimate of drug-likeness (QED) is 0.307. The van der Waals surface area contributed by atoms with E-state index in [4.69, 9.17) is 16.6 Å². The predicted molar refractivity (Wildman–Crippen MR) is 139 cm³/mol. The van der Waals surface area contributed by atoms with Crippen LogP contribution in [0.5, 0.6) is 5.75 Å². The normalized spacial score (nSPS) is 15.4. The predicted octanol–water partition coefficient (Wildman–Crippen LogP) is 6.77. The first-order valence-corrected chi connectivity index (χ1v) is 11.9. The number of amides is 1. The number of aryl methyl sites for hydroxylation is 1. The number of fused-ring (bicyclic) bond motifs is 2. The number of anilines is 1. The second-order valence-electron chi connectivity index (χ2n) is 8.65. The fraction of sp³-hybridized carbons (Fsp3) is 0.172. The van der Waals surface area contributed by atoms with E-state index in [0.717, 1.165) is 30.4 Å². The monoisotopic (exact) mass is 468 g/mol. The Labute approximate surface area is 203 Å². The topological polar surface area (TPSA) is 61.7 Å². The summed E-state index contributed by atoms with van der Waals surface area (Å²) in [5.74, 6) is 0.0757. The van der Waals surface area contributed by atoms with Crippen LogP contribution in [-0.4, -0.2) is 22.8 Å². The van der Waals surface area contributed by atoms with E-state index in [1.165, 1.54) is 16.3 Å². The van der Waals surface area contributed by atoms with Gasteiger partial charge in [-0.2, -0.15) is 0 Å². The molecule has 0 radical (unpaired) electrons. The highest BCUT2D eigenvalue weighted by Crippen LogP contribution is 2.29. The molecular formula is C29H25ClN2O2. The molecule has 0 saturated carbocycles. The van der Waals surface area contributed by atoms with Crippen LogP contribution >= 0.6 is 11.6 Å². The van der Waals surface area contributed by atoms with Crippen LogP contribution in [0.15, 0.2) is 89.9 Å². The van der Waals surface area contributed by atoms with Gasteiger partial charge in [-0.25, -0.2) is 0 Å². The maximum atomic E-state index is 13.0. The minimum absolute atomic E-state index is 0.108. The van der Waals surface area contributed by atoms with Crippen LogP contribution < -0.4 is 5.32 Å². The SMILES string of the molecule is O=C1Nc2ccc(Cl)cc2C(c2ccc(O)cc2)=NC1CCCCc1ccc2ccccc2c1. The van der Waals surface area contributed by atoms with E-state index in [2.05, 4.69) is 47.8 Å². The Hall–Kier alpha value is -3.63. The summed E-state index contributed by atoms with van der Waals surface area (Å²) < 4.78 is 0. The second kappa shape index (κ2) is 9.70. The third-order valence-corrected chi connectivity index (χ3v) is 6.46. The maximum Gasteiger partial charge on any atom is 0.249 e. The van der Waals surface area contributed by atoms with Gasteiger partial charge >= 0.3 is 0 Å². The number of hydrogen-bond donors (Lipinski definition) is 2. The van der Waals surface area contributed by atoms with Gasteiger partial charge in [0.2, 0.25) is 5.91 Å². The molecule has 0 fully saturated rings. The number of aromatic hydroxyl groups is 1. The van der Waals surface area contributed by atoms with Crippen molar-refractivity contribution in [2.24, 2.45) is 4.99 Å². The Kier molecular flexibility index (Phi) is 6.33. The molecule has 5 rings (SSSR count). The summed E-state index contributed by atoms with van der Waals surface area (Å²) in [6.45, 7) is 0. The highest BCUT2D eigenvalue weighted by molar-refractivity contribution is 6.32. The van der Waals surface area contributed by atoms with Crippen LogP contribution in [0.3, 0.4) is 0 Å². The van der Waals surface area contributed by atoms with Gasteiger partial charge in [-0.05, 0) is 78.1 Å². The Morgan fingerprint density at radius 3 is 2.50 bits per heavy atom. The lowest BCUT2D eigenvalue weighted by Gasteiger charge is -2.11. The molecule has 4 aromatic carbocycles. The molecule has 1 atom stereocenters. The standard InChI is InChI=1S/C29H25ClN2O2/c30-23-13-16-26-25(18-23)28(21-11-14-24(33)15-12-21)31-27(29(34)32-26)8-4-1-5-19-9-10-20-6-2-3-7-22(20)17-19/h2-3,6-7,9-18,27,33H,1,4-5,8H2,(H,32,34). The number of benzene rings is 4. The van der Waals surface area contributed by atoms with Crippen molar-refractivity contribution in [3.8, 4) is 5.75 Å². The molecule has 0 aromatic heterocycles. The molecule has 0 bridgehead atoms. The van der Waals surface area contributed by atoms with Crippen LogP contribution in [0.2, 0.25) is 5.02 Å². The Morgan fingerprint density at radius 2 is 1.68 bits per heavy atom. The van der Waals surface area contributed by atoms with Gasteiger partial charge in [0, 0.05) is 16.1 Å². The summed E-state index contributed by atoms with van der Waals surface area (Å²) in [6.07, 6.45) is 3.48. The Morgan fingerprint density at radius 1 is 0.882 bits per heavy atom. The summed E-state index contributed by atoms with van der Waals surface area (Å²) in [5, 5.41) is 15.8. The summed E-state index contributed by atoms with van der Waals surface area (Å²) in [6, 6.07) is 26.8. The second-order valence-corrected chi connectivity index (χ2v) is 9.08. The van der Waals surface area contributed by atoms with Crippen molar-refractivity contribution in [3.05, 3.63) is 107 Å². The minimum atomic E-state index is -0.494. The van der Waals surface area contributed by atoms with Gasteiger partial charge in [-0.3, -0.25) is 9.79 Å². The van der Waals surface area contributed by atoms with E-state index in [0.29, 0.717) is 22.8 Å². The van der Waals surface area contributed by atoms with Crippen LogP contribution in [-0.2, 0) is 11.2 Å². The number of unbranched alkanes of at least 4 members (excludes halogenated alkanes) is 1. The van der Waals surface area contributed by atoms with Gasteiger partial charge in [0.15, 0.2) is 0 Å². The largest absolute Gasteiger partial charge is 0.508 e. The molecule has 1 aliphatic heterocycles. The van der Waals surface area contributed by atoms with Gasteiger partial charge in [0.05, 0.1) is 11.4 Å². The molecule has 0 spiro atoms. The molecule has 34 heavy (non-hydrogen) atoms. The third-order valence-electron chi connectivity index (χ3n) is 6.23. The van der Waals surface area contributed by atoms with E-state index < -0.39 is 6.04 Å². The van der Waals surface area contributed by atoms with Crippen LogP contribution in [0, 0.1) is 0 Å². The number of carbonyl (C=O) groups is 1. The molecule has 1 heterocycles. The smallest absolute Gasteiger partial charge is 0.249 e. The van der Waals surface area contributed by atoms with Crippen LogP contribution in [0.4, 0.5) is 5.69 Å². The first-order valence-electron chi connectivity index (χ1n) is 11.5. The highest BCUT2D eigenvalue weighted by Gasteiger charge is 2.25. The van der Waals surface area contributed by atoms with Gasteiger partial charge < -0.3 is 10.4 Å². The van der Waals surface area contributed by atoms with Crippen molar-refractivity contribution in [1.29, 1.82) is 0 Å².